The van der Waals surface area contributed by atoms with Crippen LogP contribution in [0.25, 0.3) is 0 Å². The number of rotatable bonds is 3. The van der Waals surface area contributed by atoms with Crippen molar-refractivity contribution in [3.63, 3.8) is 0 Å². The van der Waals surface area contributed by atoms with Crippen molar-refractivity contribution in [2.24, 2.45) is 0 Å². The average Bonchev–Trinajstić information content (AvgIpc) is 2.53. The molecule has 2 rings (SSSR count). The van der Waals surface area contributed by atoms with Gasteiger partial charge in [-0.2, -0.15) is 4.31 Å². The number of amides is 1. The molecule has 1 aliphatic heterocycles. The lowest BCUT2D eigenvalue weighted by Crippen LogP contribution is -2.56. The van der Waals surface area contributed by atoms with Gasteiger partial charge in [0.2, 0.25) is 10.0 Å². The lowest BCUT2D eigenvalue weighted by atomic mass is 10.2. The minimum Gasteiger partial charge on any atom is -0.444 e. The first-order valence-corrected chi connectivity index (χ1v) is 10.8. The second-order valence-corrected chi connectivity index (χ2v) is 9.62. The Labute approximate surface area is 158 Å². The van der Waals surface area contributed by atoms with E-state index < -0.39 is 21.7 Å². The number of benzene rings is 1. The average molecular weight is 433 g/mol. The number of piperazine rings is 1. The van der Waals surface area contributed by atoms with Crippen LogP contribution >= 0.6 is 15.9 Å². The highest BCUT2D eigenvalue weighted by atomic mass is 79.9. The van der Waals surface area contributed by atoms with Gasteiger partial charge in [0.15, 0.2) is 0 Å². The largest absolute Gasteiger partial charge is 0.444 e. The number of carbonyl (C=O) groups is 1. The third-order valence-corrected chi connectivity index (χ3v) is 6.53. The molecule has 0 saturated carbocycles. The van der Waals surface area contributed by atoms with Crippen molar-refractivity contribution in [2.45, 2.75) is 49.6 Å². The standard InChI is InChI=1S/C17H25BrN2O4S/c1-13-12-19(16(21)24-17(2,3)4)8-9-20(13)25(22,23)15-7-5-6-14(10-15)11-18/h5-7,10,13H,8-9,11-12H2,1-4H3. The molecule has 25 heavy (non-hydrogen) atoms. The number of hydrogen-bond donors (Lipinski definition) is 0. The summed E-state index contributed by atoms with van der Waals surface area (Å²) >= 11 is 3.35. The van der Waals surface area contributed by atoms with Crippen LogP contribution in [0, 0.1) is 0 Å². The summed E-state index contributed by atoms with van der Waals surface area (Å²) in [6.45, 7) is 8.12. The Hall–Kier alpha value is -1.12. The number of sulfonamides is 1. The molecule has 1 unspecified atom stereocenters. The summed E-state index contributed by atoms with van der Waals surface area (Å²) in [5, 5.41) is 0.596. The van der Waals surface area contributed by atoms with Gasteiger partial charge in [0, 0.05) is 31.0 Å². The molecule has 1 amide bonds. The van der Waals surface area contributed by atoms with Gasteiger partial charge >= 0.3 is 6.09 Å². The van der Waals surface area contributed by atoms with Crippen molar-refractivity contribution >= 4 is 32.0 Å². The molecule has 140 valence electrons. The molecule has 1 heterocycles. The Kier molecular flexibility index (Phi) is 6.17. The van der Waals surface area contributed by atoms with Gasteiger partial charge in [0.05, 0.1) is 4.90 Å². The summed E-state index contributed by atoms with van der Waals surface area (Å²) in [6.07, 6.45) is -0.405. The third-order valence-electron chi connectivity index (χ3n) is 3.88. The summed E-state index contributed by atoms with van der Waals surface area (Å²) in [7, 11) is -3.59. The number of nitrogens with zero attached hydrogens (tertiary/aromatic N) is 2. The van der Waals surface area contributed by atoms with Crippen molar-refractivity contribution in [3.05, 3.63) is 29.8 Å². The zero-order valence-corrected chi connectivity index (χ0v) is 17.4. The van der Waals surface area contributed by atoms with Gasteiger partial charge in [0.25, 0.3) is 0 Å². The summed E-state index contributed by atoms with van der Waals surface area (Å²) in [5.41, 5.74) is 0.334. The zero-order valence-electron chi connectivity index (χ0n) is 15.0. The van der Waals surface area contributed by atoms with Crippen LogP contribution in [0.5, 0.6) is 0 Å². The molecule has 0 radical (unpaired) electrons. The first kappa shape index (κ1) is 20.2. The summed E-state index contributed by atoms with van der Waals surface area (Å²) in [6, 6.07) is 6.58. The lowest BCUT2D eigenvalue weighted by molar-refractivity contribution is 0.0143. The van der Waals surface area contributed by atoms with Crippen LogP contribution < -0.4 is 0 Å². The number of halogens is 1. The Morgan fingerprint density at radius 3 is 2.56 bits per heavy atom. The Morgan fingerprint density at radius 1 is 1.32 bits per heavy atom. The zero-order chi connectivity index (χ0) is 18.8. The highest BCUT2D eigenvalue weighted by Crippen LogP contribution is 2.23. The molecular formula is C17H25BrN2O4S. The van der Waals surface area contributed by atoms with Gasteiger partial charge < -0.3 is 9.64 Å². The Morgan fingerprint density at radius 2 is 2.00 bits per heavy atom. The second-order valence-electron chi connectivity index (χ2n) is 7.17. The van der Waals surface area contributed by atoms with Crippen molar-refractivity contribution < 1.29 is 17.9 Å². The minimum atomic E-state index is -3.59. The van der Waals surface area contributed by atoms with Crippen LogP contribution in [0.4, 0.5) is 4.79 Å². The van der Waals surface area contributed by atoms with E-state index in [2.05, 4.69) is 15.9 Å². The summed E-state index contributed by atoms with van der Waals surface area (Å²) < 4.78 is 32.7. The highest BCUT2D eigenvalue weighted by Gasteiger charge is 2.36. The number of carbonyl (C=O) groups excluding carboxylic acids is 1. The van der Waals surface area contributed by atoms with Gasteiger partial charge in [-0.3, -0.25) is 0 Å². The quantitative estimate of drug-likeness (QED) is 0.687. The van der Waals surface area contributed by atoms with Crippen LogP contribution in [0.2, 0.25) is 0 Å². The van der Waals surface area contributed by atoms with E-state index in [0.29, 0.717) is 18.4 Å². The first-order valence-electron chi connectivity index (χ1n) is 8.19. The van der Waals surface area contributed by atoms with Crippen LogP contribution in [-0.2, 0) is 20.1 Å². The lowest BCUT2D eigenvalue weighted by Gasteiger charge is -2.39. The van der Waals surface area contributed by atoms with E-state index >= 15 is 0 Å². The molecule has 1 fully saturated rings. The van der Waals surface area contributed by atoms with Gasteiger partial charge in [0.1, 0.15) is 5.60 Å². The van der Waals surface area contributed by atoms with E-state index in [1.165, 1.54) is 4.31 Å². The molecule has 1 aromatic rings. The van der Waals surface area contributed by atoms with Gasteiger partial charge in [-0.05, 0) is 45.4 Å². The summed E-state index contributed by atoms with van der Waals surface area (Å²) in [5.74, 6) is 0. The maximum absolute atomic E-state index is 12.9. The molecule has 8 heteroatoms. The van der Waals surface area contributed by atoms with Crippen LogP contribution in [-0.4, -0.2) is 55.0 Å². The molecule has 0 bridgehead atoms. The second kappa shape index (κ2) is 7.63. The Balaban J connectivity index is 2.13. The third kappa shape index (κ3) is 4.95. The SMILES string of the molecule is CC1CN(C(=O)OC(C)(C)C)CCN1S(=O)(=O)c1cccc(CBr)c1. The van der Waals surface area contributed by atoms with Gasteiger partial charge in [-0.15, -0.1) is 0 Å². The monoisotopic (exact) mass is 432 g/mol. The normalized spacial score (nSPS) is 19.7. The van der Waals surface area contributed by atoms with E-state index in [1.807, 2.05) is 33.8 Å². The number of hydrogen-bond acceptors (Lipinski definition) is 4. The van der Waals surface area contributed by atoms with Crippen LogP contribution in [0.3, 0.4) is 0 Å². The fraction of sp³-hybridized carbons (Fsp3) is 0.588. The van der Waals surface area contributed by atoms with Crippen molar-refractivity contribution in [2.75, 3.05) is 19.6 Å². The van der Waals surface area contributed by atoms with Crippen molar-refractivity contribution in [1.82, 2.24) is 9.21 Å². The molecule has 1 atom stereocenters. The van der Waals surface area contributed by atoms with E-state index in [1.54, 1.807) is 23.1 Å². The van der Waals surface area contributed by atoms with Crippen LogP contribution in [0.15, 0.2) is 29.2 Å². The minimum absolute atomic E-state index is 0.251. The first-order chi connectivity index (χ1) is 11.5. The van der Waals surface area contributed by atoms with Gasteiger partial charge in [-0.25, -0.2) is 13.2 Å². The van der Waals surface area contributed by atoms with Crippen molar-refractivity contribution in [3.8, 4) is 0 Å². The van der Waals surface area contributed by atoms with E-state index in [9.17, 15) is 13.2 Å². The van der Waals surface area contributed by atoms with Crippen molar-refractivity contribution in [1.29, 1.82) is 0 Å². The highest BCUT2D eigenvalue weighted by molar-refractivity contribution is 9.08. The maximum atomic E-state index is 12.9. The molecule has 0 N–H and O–H groups in total. The number of alkyl halides is 1. The molecule has 1 aromatic carbocycles. The molecule has 6 nitrogen and oxygen atoms in total. The molecule has 0 aliphatic carbocycles. The predicted octanol–water partition coefficient (Wildman–Crippen LogP) is 3.21. The summed E-state index contributed by atoms with van der Waals surface area (Å²) in [4.78, 5) is 14.0. The fourth-order valence-electron chi connectivity index (χ4n) is 2.71. The van der Waals surface area contributed by atoms with Gasteiger partial charge in [-0.1, -0.05) is 28.1 Å². The molecule has 0 spiro atoms. The Bertz CT molecular complexity index is 730. The molecule has 1 saturated heterocycles. The molecule has 1 aliphatic rings. The van der Waals surface area contributed by atoms with E-state index in [-0.39, 0.29) is 17.5 Å². The van der Waals surface area contributed by atoms with Crippen LogP contribution in [0.1, 0.15) is 33.3 Å². The molecule has 0 aromatic heterocycles. The fourth-order valence-corrected chi connectivity index (χ4v) is 4.75. The number of ether oxygens (including phenoxy) is 1. The molecular weight excluding hydrogens is 408 g/mol. The van der Waals surface area contributed by atoms with E-state index in [4.69, 9.17) is 4.74 Å². The predicted molar refractivity (Wildman–Crippen MR) is 100 cm³/mol. The topological polar surface area (TPSA) is 66.9 Å². The smallest absolute Gasteiger partial charge is 0.410 e. The van der Waals surface area contributed by atoms with E-state index in [0.717, 1.165) is 5.56 Å². The maximum Gasteiger partial charge on any atom is 0.410 e.